The molecule has 0 saturated carbocycles. The SMILES string of the molecule is CCOc1ccc(N[C@H](C)C(=O)N(C)Cc2ccccc2)cc1OC. The van der Waals surface area contributed by atoms with E-state index in [1.54, 1.807) is 12.0 Å². The minimum Gasteiger partial charge on any atom is -0.493 e. The molecule has 0 heterocycles. The van der Waals surface area contributed by atoms with Crippen LogP contribution in [0.1, 0.15) is 19.4 Å². The van der Waals surface area contributed by atoms with E-state index < -0.39 is 0 Å². The Bertz CT molecular complexity index is 689. The third kappa shape index (κ3) is 5.14. The smallest absolute Gasteiger partial charge is 0.244 e. The van der Waals surface area contributed by atoms with Crippen molar-refractivity contribution in [3.05, 3.63) is 54.1 Å². The predicted octanol–water partition coefficient (Wildman–Crippen LogP) is 3.55. The summed E-state index contributed by atoms with van der Waals surface area (Å²) >= 11 is 0. The van der Waals surface area contributed by atoms with Gasteiger partial charge in [-0.2, -0.15) is 0 Å². The number of hydrogen-bond donors (Lipinski definition) is 1. The highest BCUT2D eigenvalue weighted by Gasteiger charge is 2.18. The summed E-state index contributed by atoms with van der Waals surface area (Å²) in [6, 6.07) is 15.2. The summed E-state index contributed by atoms with van der Waals surface area (Å²) in [7, 11) is 3.41. The van der Waals surface area contributed by atoms with Crippen LogP contribution in [0.15, 0.2) is 48.5 Å². The van der Waals surface area contributed by atoms with Crippen molar-refractivity contribution in [1.82, 2.24) is 4.90 Å². The van der Waals surface area contributed by atoms with Gasteiger partial charge in [-0.3, -0.25) is 4.79 Å². The molecule has 0 spiro atoms. The Hall–Kier alpha value is -2.69. The van der Waals surface area contributed by atoms with E-state index in [-0.39, 0.29) is 11.9 Å². The van der Waals surface area contributed by atoms with Gasteiger partial charge in [-0.15, -0.1) is 0 Å². The maximum absolute atomic E-state index is 12.6. The van der Waals surface area contributed by atoms with Gasteiger partial charge in [0.25, 0.3) is 0 Å². The average Bonchev–Trinajstić information content (AvgIpc) is 2.63. The number of hydrogen-bond acceptors (Lipinski definition) is 4. The third-order valence-electron chi connectivity index (χ3n) is 3.86. The van der Waals surface area contributed by atoms with Gasteiger partial charge in [0, 0.05) is 25.3 Å². The number of methoxy groups -OCH3 is 1. The molecule has 0 fully saturated rings. The van der Waals surface area contributed by atoms with Crippen molar-refractivity contribution in [1.29, 1.82) is 0 Å². The number of nitrogens with zero attached hydrogens (tertiary/aromatic N) is 1. The number of anilines is 1. The average molecular weight is 342 g/mol. The molecule has 2 aromatic rings. The molecule has 5 nitrogen and oxygen atoms in total. The van der Waals surface area contributed by atoms with Crippen molar-refractivity contribution < 1.29 is 14.3 Å². The van der Waals surface area contributed by atoms with E-state index in [2.05, 4.69) is 5.32 Å². The van der Waals surface area contributed by atoms with Crippen LogP contribution in [0.4, 0.5) is 5.69 Å². The second-order valence-corrected chi connectivity index (χ2v) is 5.84. The minimum absolute atomic E-state index is 0.0247. The molecule has 1 amide bonds. The summed E-state index contributed by atoms with van der Waals surface area (Å²) in [4.78, 5) is 14.3. The fraction of sp³-hybridized carbons (Fsp3) is 0.350. The molecule has 2 aromatic carbocycles. The van der Waals surface area contributed by atoms with Gasteiger partial charge in [-0.25, -0.2) is 0 Å². The van der Waals surface area contributed by atoms with Gasteiger partial charge in [0.1, 0.15) is 6.04 Å². The third-order valence-corrected chi connectivity index (χ3v) is 3.86. The first kappa shape index (κ1) is 18.6. The number of likely N-dealkylation sites (N-methyl/N-ethyl adjacent to an activating group) is 1. The zero-order valence-corrected chi connectivity index (χ0v) is 15.3. The van der Waals surface area contributed by atoms with Crippen molar-refractivity contribution in [3.63, 3.8) is 0 Å². The summed E-state index contributed by atoms with van der Waals surface area (Å²) in [6.07, 6.45) is 0. The molecule has 5 heteroatoms. The van der Waals surface area contributed by atoms with Gasteiger partial charge in [0.05, 0.1) is 13.7 Å². The number of benzene rings is 2. The number of carbonyl (C=O) groups is 1. The minimum atomic E-state index is -0.351. The zero-order chi connectivity index (χ0) is 18.2. The fourth-order valence-corrected chi connectivity index (χ4v) is 2.61. The molecule has 0 aromatic heterocycles. The quantitative estimate of drug-likeness (QED) is 0.797. The van der Waals surface area contributed by atoms with Crippen LogP contribution in [0, 0.1) is 0 Å². The van der Waals surface area contributed by atoms with Crippen LogP contribution < -0.4 is 14.8 Å². The zero-order valence-electron chi connectivity index (χ0n) is 15.3. The Morgan fingerprint density at radius 3 is 2.52 bits per heavy atom. The molecular formula is C20H26N2O3. The van der Waals surface area contributed by atoms with Gasteiger partial charge >= 0.3 is 0 Å². The van der Waals surface area contributed by atoms with Crippen molar-refractivity contribution in [2.75, 3.05) is 26.1 Å². The highest BCUT2D eigenvalue weighted by atomic mass is 16.5. The van der Waals surface area contributed by atoms with E-state index in [1.165, 1.54) is 0 Å². The summed E-state index contributed by atoms with van der Waals surface area (Å²) in [5.74, 6) is 1.36. The standard InChI is InChI=1S/C20H26N2O3/c1-5-25-18-12-11-17(13-19(18)24-4)21-15(2)20(23)22(3)14-16-9-7-6-8-10-16/h6-13,15,21H,5,14H2,1-4H3/t15-/m1/s1. The molecule has 0 aliphatic heterocycles. The second-order valence-electron chi connectivity index (χ2n) is 5.84. The topological polar surface area (TPSA) is 50.8 Å². The van der Waals surface area contributed by atoms with Gasteiger partial charge in [0.15, 0.2) is 11.5 Å². The lowest BCUT2D eigenvalue weighted by atomic mass is 10.2. The molecule has 0 aliphatic rings. The molecule has 0 bridgehead atoms. The summed E-state index contributed by atoms with van der Waals surface area (Å²) in [6.45, 7) is 4.93. The number of nitrogens with one attached hydrogen (secondary N) is 1. The Morgan fingerprint density at radius 1 is 1.16 bits per heavy atom. The first-order valence-electron chi connectivity index (χ1n) is 8.41. The highest BCUT2D eigenvalue weighted by Crippen LogP contribution is 2.30. The van der Waals surface area contributed by atoms with E-state index in [0.717, 1.165) is 11.3 Å². The van der Waals surface area contributed by atoms with Gasteiger partial charge in [-0.1, -0.05) is 30.3 Å². The number of ether oxygens (including phenoxy) is 2. The molecule has 0 unspecified atom stereocenters. The first-order chi connectivity index (χ1) is 12.0. The Balaban J connectivity index is 2.00. The van der Waals surface area contributed by atoms with Crippen LogP contribution in [-0.4, -0.2) is 37.6 Å². The van der Waals surface area contributed by atoms with Crippen LogP contribution >= 0.6 is 0 Å². The fourth-order valence-electron chi connectivity index (χ4n) is 2.61. The van der Waals surface area contributed by atoms with Crippen molar-refractivity contribution >= 4 is 11.6 Å². The molecule has 1 N–H and O–H groups in total. The van der Waals surface area contributed by atoms with E-state index in [0.29, 0.717) is 24.7 Å². The highest BCUT2D eigenvalue weighted by molar-refractivity contribution is 5.84. The van der Waals surface area contributed by atoms with E-state index in [4.69, 9.17) is 9.47 Å². The van der Waals surface area contributed by atoms with Gasteiger partial charge < -0.3 is 19.7 Å². The Labute approximate surface area is 149 Å². The Kier molecular flexibility index (Phi) is 6.69. The molecule has 134 valence electrons. The largest absolute Gasteiger partial charge is 0.493 e. The van der Waals surface area contributed by atoms with Gasteiger partial charge in [0.2, 0.25) is 5.91 Å². The molecule has 0 aliphatic carbocycles. The predicted molar refractivity (Wildman–Crippen MR) is 100 cm³/mol. The number of amides is 1. The van der Waals surface area contributed by atoms with Crippen molar-refractivity contribution in [2.45, 2.75) is 26.4 Å². The number of carbonyl (C=O) groups excluding carboxylic acids is 1. The van der Waals surface area contributed by atoms with Crippen LogP contribution in [0.3, 0.4) is 0 Å². The lowest BCUT2D eigenvalue weighted by Gasteiger charge is -2.23. The van der Waals surface area contributed by atoms with Crippen LogP contribution in [-0.2, 0) is 11.3 Å². The molecule has 2 rings (SSSR count). The van der Waals surface area contributed by atoms with E-state index in [1.807, 2.05) is 69.4 Å². The molecule has 0 radical (unpaired) electrons. The van der Waals surface area contributed by atoms with E-state index in [9.17, 15) is 4.79 Å². The van der Waals surface area contributed by atoms with E-state index >= 15 is 0 Å². The maximum Gasteiger partial charge on any atom is 0.244 e. The van der Waals surface area contributed by atoms with Gasteiger partial charge in [-0.05, 0) is 31.5 Å². The van der Waals surface area contributed by atoms with Crippen LogP contribution in [0.25, 0.3) is 0 Å². The lowest BCUT2D eigenvalue weighted by Crippen LogP contribution is -2.38. The summed E-state index contributed by atoms with van der Waals surface area (Å²) in [5.41, 5.74) is 1.92. The molecule has 25 heavy (non-hydrogen) atoms. The van der Waals surface area contributed by atoms with Crippen LogP contribution in [0.2, 0.25) is 0 Å². The molecular weight excluding hydrogens is 316 g/mol. The normalized spacial score (nSPS) is 11.5. The summed E-state index contributed by atoms with van der Waals surface area (Å²) in [5, 5.41) is 3.23. The second kappa shape index (κ2) is 8.97. The number of rotatable bonds is 8. The maximum atomic E-state index is 12.6. The van der Waals surface area contributed by atoms with Crippen molar-refractivity contribution in [2.24, 2.45) is 0 Å². The van der Waals surface area contributed by atoms with Crippen molar-refractivity contribution in [3.8, 4) is 11.5 Å². The summed E-state index contributed by atoms with van der Waals surface area (Å²) < 4.78 is 10.9. The first-order valence-corrected chi connectivity index (χ1v) is 8.41. The van der Waals surface area contributed by atoms with Crippen LogP contribution in [0.5, 0.6) is 11.5 Å². The monoisotopic (exact) mass is 342 g/mol. The lowest BCUT2D eigenvalue weighted by molar-refractivity contribution is -0.130. The Morgan fingerprint density at radius 2 is 1.88 bits per heavy atom. The molecule has 1 atom stereocenters. The molecule has 0 saturated heterocycles.